The number of benzene rings is 2. The van der Waals surface area contributed by atoms with Crippen LogP contribution in [0.1, 0.15) is 48.2 Å². The zero-order valence-corrected chi connectivity index (χ0v) is 12.6. The highest BCUT2D eigenvalue weighted by Gasteiger charge is 2.12. The number of hydrogen-bond acceptors (Lipinski definition) is 1. The lowest BCUT2D eigenvalue weighted by molar-refractivity contribution is 0.491. The highest BCUT2D eigenvalue weighted by Crippen LogP contribution is 2.21. The van der Waals surface area contributed by atoms with Crippen molar-refractivity contribution in [2.75, 3.05) is 0 Å². The van der Waals surface area contributed by atoms with Gasteiger partial charge < -0.3 is 5.32 Å². The van der Waals surface area contributed by atoms with Gasteiger partial charge in [-0.2, -0.15) is 0 Å². The second kappa shape index (κ2) is 6.19. The number of halogens is 1. The van der Waals surface area contributed by atoms with Gasteiger partial charge in [-0.05, 0) is 62.1 Å². The Labute approximate surface area is 120 Å². The maximum Gasteiger partial charge on any atom is 0.123 e. The van der Waals surface area contributed by atoms with E-state index in [0.29, 0.717) is 0 Å². The number of nitrogens with one attached hydrogen (secondary N) is 1. The summed E-state index contributed by atoms with van der Waals surface area (Å²) in [4.78, 5) is 0. The molecule has 20 heavy (non-hydrogen) atoms. The predicted octanol–water partition coefficient (Wildman–Crippen LogP) is 4.85. The summed E-state index contributed by atoms with van der Waals surface area (Å²) in [5.41, 5.74) is 4.84. The van der Waals surface area contributed by atoms with Crippen LogP contribution in [0.3, 0.4) is 0 Å². The van der Waals surface area contributed by atoms with Gasteiger partial charge in [-0.1, -0.05) is 30.3 Å². The molecular formula is C18H22FN. The van der Waals surface area contributed by atoms with E-state index in [0.717, 1.165) is 5.56 Å². The first-order valence-corrected chi connectivity index (χ1v) is 7.06. The van der Waals surface area contributed by atoms with E-state index in [9.17, 15) is 4.39 Å². The molecule has 1 N–H and O–H groups in total. The van der Waals surface area contributed by atoms with Crippen molar-refractivity contribution < 1.29 is 4.39 Å². The zero-order valence-electron chi connectivity index (χ0n) is 12.6. The molecule has 0 spiro atoms. The quantitative estimate of drug-likeness (QED) is 0.837. The minimum absolute atomic E-state index is 0.113. The first-order chi connectivity index (χ1) is 9.47. The summed E-state index contributed by atoms with van der Waals surface area (Å²) in [5, 5.41) is 3.52. The van der Waals surface area contributed by atoms with Crippen LogP contribution in [0.4, 0.5) is 4.39 Å². The summed E-state index contributed by atoms with van der Waals surface area (Å²) in [6.45, 7) is 8.44. The zero-order chi connectivity index (χ0) is 14.7. The highest BCUT2D eigenvalue weighted by atomic mass is 19.1. The molecule has 0 aliphatic rings. The lowest BCUT2D eigenvalue weighted by Crippen LogP contribution is -2.22. The fraction of sp³-hybridized carbons (Fsp3) is 0.333. The van der Waals surface area contributed by atoms with Gasteiger partial charge in [0.1, 0.15) is 5.82 Å². The van der Waals surface area contributed by atoms with Crippen LogP contribution in [-0.4, -0.2) is 0 Å². The Kier molecular flexibility index (Phi) is 4.56. The number of aryl methyl sites for hydroxylation is 2. The lowest BCUT2D eigenvalue weighted by atomic mass is 10.0. The van der Waals surface area contributed by atoms with Gasteiger partial charge in [0.05, 0.1) is 0 Å². The minimum atomic E-state index is -0.185. The molecule has 2 atom stereocenters. The topological polar surface area (TPSA) is 12.0 Å². The van der Waals surface area contributed by atoms with Crippen LogP contribution < -0.4 is 5.32 Å². The highest BCUT2D eigenvalue weighted by molar-refractivity contribution is 5.31. The number of rotatable bonds is 4. The summed E-state index contributed by atoms with van der Waals surface area (Å²) in [7, 11) is 0. The maximum atomic E-state index is 13.3. The Morgan fingerprint density at radius 2 is 1.50 bits per heavy atom. The minimum Gasteiger partial charge on any atom is -0.304 e. The molecule has 0 aromatic heterocycles. The fourth-order valence-corrected chi connectivity index (χ4v) is 2.38. The van der Waals surface area contributed by atoms with Gasteiger partial charge in [-0.15, -0.1) is 0 Å². The third-order valence-corrected chi connectivity index (χ3v) is 3.88. The third-order valence-electron chi connectivity index (χ3n) is 3.88. The van der Waals surface area contributed by atoms with Crippen LogP contribution in [0.25, 0.3) is 0 Å². The standard InChI is InChI=1S/C18H22FN/c1-12-8-9-17(10-13(12)2)15(4)20-14(3)16-6-5-7-18(19)11-16/h5-11,14-15,20H,1-4H3. The van der Waals surface area contributed by atoms with Crippen LogP contribution in [-0.2, 0) is 0 Å². The van der Waals surface area contributed by atoms with Gasteiger partial charge in [0.15, 0.2) is 0 Å². The molecule has 0 amide bonds. The normalized spacial score (nSPS) is 14.1. The second-order valence-corrected chi connectivity index (χ2v) is 5.51. The summed E-state index contributed by atoms with van der Waals surface area (Å²) in [5.74, 6) is -0.185. The van der Waals surface area contributed by atoms with Crippen molar-refractivity contribution in [3.05, 3.63) is 70.5 Å². The molecule has 0 aliphatic heterocycles. The number of hydrogen-bond donors (Lipinski definition) is 1. The molecule has 2 aromatic rings. The SMILES string of the molecule is Cc1ccc(C(C)NC(C)c2cccc(F)c2)cc1C. The average Bonchev–Trinajstić information content (AvgIpc) is 2.41. The Bertz CT molecular complexity index is 592. The van der Waals surface area contributed by atoms with Crippen LogP contribution in [0.15, 0.2) is 42.5 Å². The van der Waals surface area contributed by atoms with Crippen LogP contribution in [0.5, 0.6) is 0 Å². The van der Waals surface area contributed by atoms with Crippen molar-refractivity contribution in [3.8, 4) is 0 Å². The maximum absolute atomic E-state index is 13.3. The Morgan fingerprint density at radius 1 is 0.850 bits per heavy atom. The molecule has 106 valence electrons. The second-order valence-electron chi connectivity index (χ2n) is 5.51. The first-order valence-electron chi connectivity index (χ1n) is 7.06. The van der Waals surface area contributed by atoms with Crippen molar-refractivity contribution in [2.45, 2.75) is 39.8 Å². The van der Waals surface area contributed by atoms with Crippen molar-refractivity contribution in [2.24, 2.45) is 0 Å². The summed E-state index contributed by atoms with van der Waals surface area (Å²) < 4.78 is 13.3. The third kappa shape index (κ3) is 3.45. The summed E-state index contributed by atoms with van der Waals surface area (Å²) >= 11 is 0. The van der Waals surface area contributed by atoms with E-state index in [1.54, 1.807) is 12.1 Å². The van der Waals surface area contributed by atoms with Gasteiger partial charge in [0.2, 0.25) is 0 Å². The molecule has 0 bridgehead atoms. The van der Waals surface area contributed by atoms with Gasteiger partial charge in [-0.25, -0.2) is 4.39 Å². The van der Waals surface area contributed by atoms with E-state index in [4.69, 9.17) is 0 Å². The van der Waals surface area contributed by atoms with Crippen LogP contribution >= 0.6 is 0 Å². The largest absolute Gasteiger partial charge is 0.304 e. The average molecular weight is 271 g/mol. The molecule has 1 nitrogen and oxygen atoms in total. The molecular weight excluding hydrogens is 249 g/mol. The molecule has 0 fully saturated rings. The first kappa shape index (κ1) is 14.7. The van der Waals surface area contributed by atoms with Crippen molar-refractivity contribution in [1.82, 2.24) is 5.32 Å². The molecule has 0 saturated carbocycles. The molecule has 0 heterocycles. The van der Waals surface area contributed by atoms with Gasteiger partial charge in [-0.3, -0.25) is 0 Å². The lowest BCUT2D eigenvalue weighted by Gasteiger charge is -2.21. The molecule has 0 saturated heterocycles. The monoisotopic (exact) mass is 271 g/mol. The Morgan fingerprint density at radius 3 is 2.10 bits per heavy atom. The Hall–Kier alpha value is -1.67. The van der Waals surface area contributed by atoms with Gasteiger partial charge >= 0.3 is 0 Å². The summed E-state index contributed by atoms with van der Waals surface area (Å²) in [6.07, 6.45) is 0. The molecule has 2 rings (SSSR count). The van der Waals surface area contributed by atoms with E-state index in [1.165, 1.54) is 22.8 Å². The fourth-order valence-electron chi connectivity index (χ4n) is 2.38. The van der Waals surface area contributed by atoms with E-state index in [-0.39, 0.29) is 17.9 Å². The molecule has 2 aromatic carbocycles. The molecule has 0 radical (unpaired) electrons. The van der Waals surface area contributed by atoms with Gasteiger partial charge in [0, 0.05) is 12.1 Å². The van der Waals surface area contributed by atoms with Crippen molar-refractivity contribution >= 4 is 0 Å². The smallest absolute Gasteiger partial charge is 0.123 e. The van der Waals surface area contributed by atoms with E-state index in [2.05, 4.69) is 51.2 Å². The molecule has 0 aliphatic carbocycles. The van der Waals surface area contributed by atoms with Gasteiger partial charge in [0.25, 0.3) is 0 Å². The van der Waals surface area contributed by atoms with Crippen molar-refractivity contribution in [3.63, 3.8) is 0 Å². The van der Waals surface area contributed by atoms with Crippen LogP contribution in [0, 0.1) is 19.7 Å². The van der Waals surface area contributed by atoms with E-state index < -0.39 is 0 Å². The Balaban J connectivity index is 2.10. The predicted molar refractivity (Wildman–Crippen MR) is 82.3 cm³/mol. The van der Waals surface area contributed by atoms with Crippen LogP contribution in [0.2, 0.25) is 0 Å². The summed E-state index contributed by atoms with van der Waals surface area (Å²) in [6, 6.07) is 13.6. The molecule has 2 heteroatoms. The van der Waals surface area contributed by atoms with E-state index >= 15 is 0 Å². The van der Waals surface area contributed by atoms with Crippen molar-refractivity contribution in [1.29, 1.82) is 0 Å². The molecule has 2 unspecified atom stereocenters. The van der Waals surface area contributed by atoms with E-state index in [1.807, 2.05) is 6.07 Å².